The van der Waals surface area contributed by atoms with Gasteiger partial charge in [0.15, 0.2) is 11.5 Å². The summed E-state index contributed by atoms with van der Waals surface area (Å²) in [5.41, 5.74) is 1.28. The summed E-state index contributed by atoms with van der Waals surface area (Å²) >= 11 is 3.61. The summed E-state index contributed by atoms with van der Waals surface area (Å²) in [6, 6.07) is 4.26. The SMILES string of the molecule is CCOc1cc(CCCN2CCOCC2)cc(Br)c1OCC. The molecule has 0 saturated carbocycles. The normalized spacial score (nSPS) is 15.8. The molecule has 0 spiro atoms. The summed E-state index contributed by atoms with van der Waals surface area (Å²) in [5.74, 6) is 1.64. The molecule has 0 N–H and O–H groups in total. The van der Waals surface area contributed by atoms with Gasteiger partial charge in [0.05, 0.1) is 30.9 Å². The van der Waals surface area contributed by atoms with Crippen molar-refractivity contribution in [2.24, 2.45) is 0 Å². The van der Waals surface area contributed by atoms with E-state index in [4.69, 9.17) is 14.2 Å². The van der Waals surface area contributed by atoms with Gasteiger partial charge in [-0.25, -0.2) is 0 Å². The molecule has 0 amide bonds. The van der Waals surface area contributed by atoms with Crippen LogP contribution in [0.15, 0.2) is 16.6 Å². The Morgan fingerprint density at radius 1 is 1.14 bits per heavy atom. The average Bonchev–Trinajstić information content (AvgIpc) is 2.52. The van der Waals surface area contributed by atoms with Gasteiger partial charge < -0.3 is 14.2 Å². The highest BCUT2D eigenvalue weighted by Gasteiger charge is 2.13. The number of hydrogen-bond acceptors (Lipinski definition) is 4. The molecule has 0 aromatic heterocycles. The molecule has 1 aliphatic rings. The molecule has 0 radical (unpaired) electrons. The van der Waals surface area contributed by atoms with Gasteiger partial charge >= 0.3 is 0 Å². The number of rotatable bonds is 8. The molecule has 0 unspecified atom stereocenters. The first-order valence-electron chi connectivity index (χ1n) is 8.12. The van der Waals surface area contributed by atoms with E-state index in [-0.39, 0.29) is 0 Å². The molecule has 1 aromatic carbocycles. The molecule has 0 bridgehead atoms. The van der Waals surface area contributed by atoms with Crippen LogP contribution in [-0.2, 0) is 11.2 Å². The Kier molecular flexibility index (Phi) is 7.49. The predicted octanol–water partition coefficient (Wildman–Crippen LogP) is 3.51. The van der Waals surface area contributed by atoms with E-state index in [9.17, 15) is 0 Å². The fourth-order valence-corrected chi connectivity index (χ4v) is 3.25. The smallest absolute Gasteiger partial charge is 0.175 e. The lowest BCUT2D eigenvalue weighted by Gasteiger charge is -2.26. The predicted molar refractivity (Wildman–Crippen MR) is 92.1 cm³/mol. The lowest BCUT2D eigenvalue weighted by Crippen LogP contribution is -2.36. The largest absolute Gasteiger partial charge is 0.490 e. The van der Waals surface area contributed by atoms with E-state index >= 15 is 0 Å². The second-order valence-electron chi connectivity index (χ2n) is 5.33. The van der Waals surface area contributed by atoms with E-state index in [1.54, 1.807) is 0 Å². The highest BCUT2D eigenvalue weighted by molar-refractivity contribution is 9.10. The summed E-state index contributed by atoms with van der Waals surface area (Å²) in [7, 11) is 0. The van der Waals surface area contributed by atoms with Crippen LogP contribution in [0.5, 0.6) is 11.5 Å². The third-order valence-electron chi connectivity index (χ3n) is 3.70. The molecular formula is C17H26BrNO3. The molecular weight excluding hydrogens is 346 g/mol. The Bertz CT molecular complexity index is 461. The van der Waals surface area contributed by atoms with E-state index in [0.29, 0.717) is 13.2 Å². The molecule has 2 rings (SSSR count). The minimum Gasteiger partial charge on any atom is -0.490 e. The Balaban J connectivity index is 1.94. The molecule has 4 nitrogen and oxygen atoms in total. The monoisotopic (exact) mass is 371 g/mol. The van der Waals surface area contributed by atoms with Gasteiger partial charge in [-0.2, -0.15) is 0 Å². The minimum atomic E-state index is 0.634. The first-order chi connectivity index (χ1) is 10.7. The standard InChI is InChI=1S/C17H26BrNO3/c1-3-21-16-13-14(12-15(18)17(16)22-4-2)6-5-7-19-8-10-20-11-9-19/h12-13H,3-11H2,1-2H3. The number of hydrogen-bond donors (Lipinski definition) is 0. The molecule has 22 heavy (non-hydrogen) atoms. The zero-order valence-electron chi connectivity index (χ0n) is 13.6. The van der Waals surface area contributed by atoms with Gasteiger partial charge in [0.2, 0.25) is 0 Å². The number of morpholine rings is 1. The van der Waals surface area contributed by atoms with Gasteiger partial charge in [-0.1, -0.05) is 0 Å². The lowest BCUT2D eigenvalue weighted by molar-refractivity contribution is 0.0374. The van der Waals surface area contributed by atoms with Crippen LogP contribution in [0.2, 0.25) is 0 Å². The minimum absolute atomic E-state index is 0.634. The van der Waals surface area contributed by atoms with Gasteiger partial charge in [-0.05, 0) is 66.9 Å². The Morgan fingerprint density at radius 3 is 2.55 bits per heavy atom. The summed E-state index contributed by atoms with van der Waals surface area (Å²) in [5, 5.41) is 0. The van der Waals surface area contributed by atoms with Crippen molar-refractivity contribution < 1.29 is 14.2 Å². The van der Waals surface area contributed by atoms with Crippen LogP contribution in [0.3, 0.4) is 0 Å². The summed E-state index contributed by atoms with van der Waals surface area (Å²) in [4.78, 5) is 2.47. The van der Waals surface area contributed by atoms with Crippen molar-refractivity contribution in [3.05, 3.63) is 22.2 Å². The quantitative estimate of drug-likeness (QED) is 0.699. The van der Waals surface area contributed by atoms with Crippen LogP contribution in [0.1, 0.15) is 25.8 Å². The fourth-order valence-electron chi connectivity index (χ4n) is 2.64. The van der Waals surface area contributed by atoms with Crippen molar-refractivity contribution in [3.8, 4) is 11.5 Å². The van der Waals surface area contributed by atoms with E-state index in [0.717, 1.165) is 61.7 Å². The van der Waals surface area contributed by atoms with Gasteiger partial charge in [0.25, 0.3) is 0 Å². The maximum absolute atomic E-state index is 5.73. The zero-order valence-corrected chi connectivity index (χ0v) is 15.2. The number of ether oxygens (including phenoxy) is 3. The van der Waals surface area contributed by atoms with Crippen LogP contribution in [-0.4, -0.2) is 51.0 Å². The third kappa shape index (κ3) is 5.14. The van der Waals surface area contributed by atoms with Crippen molar-refractivity contribution >= 4 is 15.9 Å². The summed E-state index contributed by atoms with van der Waals surface area (Å²) in [6.45, 7) is 10.2. The number of aryl methyl sites for hydroxylation is 1. The second kappa shape index (κ2) is 9.38. The molecule has 1 saturated heterocycles. The molecule has 1 heterocycles. The fraction of sp³-hybridized carbons (Fsp3) is 0.647. The van der Waals surface area contributed by atoms with Gasteiger partial charge in [-0.15, -0.1) is 0 Å². The highest BCUT2D eigenvalue weighted by atomic mass is 79.9. The lowest BCUT2D eigenvalue weighted by atomic mass is 10.1. The first-order valence-corrected chi connectivity index (χ1v) is 8.92. The summed E-state index contributed by atoms with van der Waals surface area (Å²) < 4.78 is 17.8. The maximum atomic E-state index is 5.73. The van der Waals surface area contributed by atoms with E-state index in [1.165, 1.54) is 5.56 Å². The van der Waals surface area contributed by atoms with Crippen LogP contribution in [0, 0.1) is 0 Å². The Hall–Kier alpha value is -0.780. The van der Waals surface area contributed by atoms with E-state index in [1.807, 2.05) is 13.8 Å². The summed E-state index contributed by atoms with van der Waals surface area (Å²) in [6.07, 6.45) is 2.19. The molecule has 5 heteroatoms. The van der Waals surface area contributed by atoms with Gasteiger partial charge in [0, 0.05) is 13.1 Å². The number of nitrogens with zero attached hydrogens (tertiary/aromatic N) is 1. The van der Waals surface area contributed by atoms with Crippen LogP contribution in [0.25, 0.3) is 0 Å². The van der Waals surface area contributed by atoms with E-state index < -0.39 is 0 Å². The number of halogens is 1. The molecule has 1 aliphatic heterocycles. The van der Waals surface area contributed by atoms with E-state index in [2.05, 4.69) is 33.0 Å². The average molecular weight is 372 g/mol. The maximum Gasteiger partial charge on any atom is 0.175 e. The molecule has 1 aromatic rings. The van der Waals surface area contributed by atoms with Crippen molar-refractivity contribution in [2.45, 2.75) is 26.7 Å². The van der Waals surface area contributed by atoms with Crippen LogP contribution >= 0.6 is 15.9 Å². The van der Waals surface area contributed by atoms with Crippen molar-refractivity contribution in [3.63, 3.8) is 0 Å². The van der Waals surface area contributed by atoms with Crippen molar-refractivity contribution in [1.82, 2.24) is 4.90 Å². The van der Waals surface area contributed by atoms with Crippen molar-refractivity contribution in [2.75, 3.05) is 46.1 Å². The van der Waals surface area contributed by atoms with Crippen molar-refractivity contribution in [1.29, 1.82) is 0 Å². The van der Waals surface area contributed by atoms with Crippen LogP contribution < -0.4 is 9.47 Å². The van der Waals surface area contributed by atoms with Gasteiger partial charge in [-0.3, -0.25) is 4.90 Å². The second-order valence-corrected chi connectivity index (χ2v) is 6.18. The molecule has 124 valence electrons. The molecule has 1 fully saturated rings. The molecule has 0 atom stereocenters. The Labute approximate surface area is 141 Å². The van der Waals surface area contributed by atoms with Gasteiger partial charge in [0.1, 0.15) is 0 Å². The Morgan fingerprint density at radius 2 is 1.86 bits per heavy atom. The highest BCUT2D eigenvalue weighted by Crippen LogP contribution is 2.37. The molecule has 0 aliphatic carbocycles. The topological polar surface area (TPSA) is 30.9 Å². The van der Waals surface area contributed by atoms with Crippen LogP contribution in [0.4, 0.5) is 0 Å². The number of benzene rings is 1. The zero-order chi connectivity index (χ0) is 15.8. The first kappa shape index (κ1) is 17.6. The third-order valence-corrected chi connectivity index (χ3v) is 4.29.